The maximum Gasteiger partial charge on any atom is 0.333 e. The van der Waals surface area contributed by atoms with Crippen LogP contribution >= 0.6 is 0 Å². The lowest BCUT2D eigenvalue weighted by Crippen LogP contribution is -2.13. The van der Waals surface area contributed by atoms with Crippen LogP contribution in [0.25, 0.3) is 15.6 Å². The minimum Gasteiger partial charge on any atom is -0.481 e. The van der Waals surface area contributed by atoms with E-state index in [-0.39, 0.29) is 18.7 Å². The average molecular weight is 413 g/mol. The number of nitriles is 1. The zero-order chi connectivity index (χ0) is 22.4. The van der Waals surface area contributed by atoms with E-state index in [9.17, 15) is 14.9 Å². The first-order chi connectivity index (χ1) is 14.9. The molecule has 7 nitrogen and oxygen atoms in total. The summed E-state index contributed by atoms with van der Waals surface area (Å²) in [6.45, 7) is 9.18. The molecule has 7 heteroatoms. The molecule has 3 rings (SSSR count). The summed E-state index contributed by atoms with van der Waals surface area (Å²) in [6, 6.07) is 17.2. The molecule has 0 aliphatic heterocycles. The van der Waals surface area contributed by atoms with E-state index in [1.807, 2.05) is 43.3 Å². The molecule has 0 aliphatic carbocycles. The summed E-state index contributed by atoms with van der Waals surface area (Å²) in [5.41, 5.74) is 2.01. The number of carbonyl (C=O) groups excluding carboxylic acids is 1. The van der Waals surface area contributed by atoms with Crippen molar-refractivity contribution in [3.63, 3.8) is 0 Å². The number of aryl methyl sites for hydroxylation is 1. The van der Waals surface area contributed by atoms with Gasteiger partial charge in [0.2, 0.25) is 5.91 Å². The second kappa shape index (κ2) is 9.43. The van der Waals surface area contributed by atoms with E-state index < -0.39 is 12.0 Å². The van der Waals surface area contributed by atoms with Crippen LogP contribution in [0.4, 0.5) is 5.69 Å². The van der Waals surface area contributed by atoms with E-state index in [0.29, 0.717) is 22.7 Å². The van der Waals surface area contributed by atoms with E-state index in [1.165, 1.54) is 0 Å². The van der Waals surface area contributed by atoms with E-state index >= 15 is 0 Å². The molecule has 0 heterocycles. The molecule has 0 aliphatic rings. The standard InChI is InChI=1S/C24H19N3O4/c1-15-13-21(18-5-3-4-6-19(18)24(15)20(14-25)26-2)31-17-9-7-16(8-10-17)27-22(28)11-12-23(29)30/h3-10,13,20H,11-12H2,1H3,(H,27,28)(H,29,30). The van der Waals surface area contributed by atoms with E-state index in [2.05, 4.69) is 10.2 Å². The topological polar surface area (TPSA) is 104 Å². The molecule has 1 unspecified atom stereocenters. The van der Waals surface area contributed by atoms with Crippen molar-refractivity contribution < 1.29 is 19.4 Å². The normalized spacial score (nSPS) is 11.2. The van der Waals surface area contributed by atoms with Crippen molar-refractivity contribution in [1.29, 1.82) is 5.26 Å². The van der Waals surface area contributed by atoms with Gasteiger partial charge in [0.05, 0.1) is 12.0 Å². The molecule has 1 atom stereocenters. The van der Waals surface area contributed by atoms with Crippen molar-refractivity contribution in [3.05, 3.63) is 77.1 Å². The third-order valence-electron chi connectivity index (χ3n) is 4.71. The minimum absolute atomic E-state index is 0.0977. The molecule has 0 aromatic heterocycles. The first kappa shape index (κ1) is 21.4. The molecule has 3 aromatic carbocycles. The minimum atomic E-state index is -1.02. The number of hydrogen-bond donors (Lipinski definition) is 2. The highest BCUT2D eigenvalue weighted by Gasteiger charge is 2.22. The summed E-state index contributed by atoms with van der Waals surface area (Å²) in [5, 5.41) is 22.2. The van der Waals surface area contributed by atoms with Crippen LogP contribution in [0.1, 0.15) is 30.0 Å². The van der Waals surface area contributed by atoms with Crippen LogP contribution in [-0.2, 0) is 9.59 Å². The van der Waals surface area contributed by atoms with Gasteiger partial charge in [-0.25, -0.2) is 6.57 Å². The predicted molar refractivity (Wildman–Crippen MR) is 116 cm³/mol. The van der Waals surface area contributed by atoms with Gasteiger partial charge in [0.1, 0.15) is 11.5 Å². The number of ether oxygens (including phenoxy) is 1. The summed E-state index contributed by atoms with van der Waals surface area (Å²) in [4.78, 5) is 25.8. The van der Waals surface area contributed by atoms with Gasteiger partial charge in [-0.15, -0.1) is 0 Å². The Morgan fingerprint density at radius 1 is 1.16 bits per heavy atom. The van der Waals surface area contributed by atoms with Crippen molar-refractivity contribution in [3.8, 4) is 17.6 Å². The van der Waals surface area contributed by atoms with Crippen molar-refractivity contribution in [2.45, 2.75) is 25.8 Å². The van der Waals surface area contributed by atoms with E-state index in [4.69, 9.17) is 16.4 Å². The maximum absolute atomic E-state index is 11.8. The lowest BCUT2D eigenvalue weighted by Gasteiger charge is -2.14. The zero-order valence-electron chi connectivity index (χ0n) is 16.8. The fraction of sp³-hybridized carbons (Fsp3) is 0.167. The van der Waals surface area contributed by atoms with Gasteiger partial charge in [0.15, 0.2) is 6.07 Å². The summed E-state index contributed by atoms with van der Waals surface area (Å²) in [7, 11) is 0. The van der Waals surface area contributed by atoms with Crippen molar-refractivity contribution >= 4 is 28.3 Å². The van der Waals surface area contributed by atoms with Gasteiger partial charge in [-0.1, -0.05) is 24.3 Å². The number of rotatable bonds is 7. The van der Waals surface area contributed by atoms with Gasteiger partial charge in [0.25, 0.3) is 0 Å². The molecule has 0 bridgehead atoms. The second-order valence-electron chi connectivity index (χ2n) is 6.88. The largest absolute Gasteiger partial charge is 0.481 e. The third-order valence-corrected chi connectivity index (χ3v) is 4.71. The van der Waals surface area contributed by atoms with Gasteiger partial charge in [-0.2, -0.15) is 5.26 Å². The fourth-order valence-corrected chi connectivity index (χ4v) is 3.28. The van der Waals surface area contributed by atoms with Crippen LogP contribution in [0.5, 0.6) is 11.5 Å². The number of carboxylic acid groups (broad SMARTS) is 1. The predicted octanol–water partition coefficient (Wildman–Crippen LogP) is 5.23. The Labute approximate surface area is 179 Å². The number of aliphatic carboxylic acids is 1. The molecule has 0 saturated carbocycles. The van der Waals surface area contributed by atoms with Gasteiger partial charge in [-0.05, 0) is 48.2 Å². The van der Waals surface area contributed by atoms with Crippen molar-refractivity contribution in [2.24, 2.45) is 0 Å². The Hall–Kier alpha value is -4.36. The zero-order valence-corrected chi connectivity index (χ0v) is 16.8. The number of anilines is 1. The van der Waals surface area contributed by atoms with Crippen LogP contribution in [0.3, 0.4) is 0 Å². The first-order valence-corrected chi connectivity index (χ1v) is 9.51. The lowest BCUT2D eigenvalue weighted by atomic mass is 9.94. The SMILES string of the molecule is [C-]#[N+]C(C#N)c1c(C)cc(Oc2ccc(NC(=O)CCC(=O)O)cc2)c2ccccc12. The Morgan fingerprint density at radius 2 is 1.84 bits per heavy atom. The number of hydrogen-bond acceptors (Lipinski definition) is 4. The van der Waals surface area contributed by atoms with Crippen LogP contribution in [-0.4, -0.2) is 17.0 Å². The average Bonchev–Trinajstić information content (AvgIpc) is 2.76. The Kier molecular flexibility index (Phi) is 6.49. The summed E-state index contributed by atoms with van der Waals surface area (Å²) in [6.07, 6.45) is -0.324. The molecule has 0 spiro atoms. The molecule has 1 amide bonds. The summed E-state index contributed by atoms with van der Waals surface area (Å²) in [5.74, 6) is -0.260. The molecule has 2 N–H and O–H groups in total. The number of nitrogens with zero attached hydrogens (tertiary/aromatic N) is 2. The van der Waals surface area contributed by atoms with Crippen LogP contribution < -0.4 is 10.1 Å². The van der Waals surface area contributed by atoms with Crippen LogP contribution in [0.15, 0.2) is 54.6 Å². The monoisotopic (exact) mass is 413 g/mol. The van der Waals surface area contributed by atoms with Gasteiger partial charge >= 0.3 is 12.0 Å². The van der Waals surface area contributed by atoms with Crippen molar-refractivity contribution in [2.75, 3.05) is 5.32 Å². The summed E-state index contributed by atoms with van der Waals surface area (Å²) >= 11 is 0. The maximum atomic E-state index is 11.8. The number of benzene rings is 3. The highest BCUT2D eigenvalue weighted by Crippen LogP contribution is 2.37. The van der Waals surface area contributed by atoms with Gasteiger partial charge in [-0.3, -0.25) is 14.4 Å². The highest BCUT2D eigenvalue weighted by molar-refractivity contribution is 5.94. The third kappa shape index (κ3) is 4.98. The Balaban J connectivity index is 1.85. The van der Waals surface area contributed by atoms with Gasteiger partial charge in [0, 0.05) is 17.5 Å². The molecular weight excluding hydrogens is 394 g/mol. The number of carbonyl (C=O) groups is 2. The number of amides is 1. The first-order valence-electron chi connectivity index (χ1n) is 9.51. The quantitative estimate of drug-likeness (QED) is 0.516. The number of carboxylic acids is 1. The van der Waals surface area contributed by atoms with Crippen molar-refractivity contribution in [1.82, 2.24) is 0 Å². The number of nitrogens with one attached hydrogen (secondary N) is 1. The molecule has 0 fully saturated rings. The van der Waals surface area contributed by atoms with Gasteiger partial charge < -0.3 is 15.2 Å². The van der Waals surface area contributed by atoms with Crippen LogP contribution in [0.2, 0.25) is 0 Å². The van der Waals surface area contributed by atoms with Crippen LogP contribution in [0, 0.1) is 24.8 Å². The Morgan fingerprint density at radius 3 is 2.45 bits per heavy atom. The molecule has 31 heavy (non-hydrogen) atoms. The van der Waals surface area contributed by atoms with E-state index in [0.717, 1.165) is 16.3 Å². The molecule has 3 aromatic rings. The fourth-order valence-electron chi connectivity index (χ4n) is 3.28. The highest BCUT2D eigenvalue weighted by atomic mass is 16.5. The Bertz CT molecular complexity index is 1210. The summed E-state index contributed by atoms with van der Waals surface area (Å²) < 4.78 is 6.06. The molecular formula is C24H19N3O4. The second-order valence-corrected chi connectivity index (χ2v) is 6.88. The smallest absolute Gasteiger partial charge is 0.333 e. The van der Waals surface area contributed by atoms with E-state index in [1.54, 1.807) is 24.3 Å². The molecule has 154 valence electrons. The lowest BCUT2D eigenvalue weighted by molar-refractivity contribution is -0.138. The number of fused-ring (bicyclic) bond motifs is 1. The molecule has 0 saturated heterocycles. The molecule has 0 radical (unpaired) electrons.